The van der Waals surface area contributed by atoms with Crippen molar-refractivity contribution in [1.82, 2.24) is 19.6 Å². The van der Waals surface area contributed by atoms with Gasteiger partial charge in [0.1, 0.15) is 5.69 Å². The first-order valence-corrected chi connectivity index (χ1v) is 8.08. The number of ether oxygens (including phenoxy) is 1. The van der Waals surface area contributed by atoms with Crippen molar-refractivity contribution in [3.8, 4) is 5.69 Å². The van der Waals surface area contributed by atoms with E-state index in [0.717, 1.165) is 0 Å². The molecule has 8 heteroatoms. The van der Waals surface area contributed by atoms with E-state index in [1.165, 1.54) is 15.6 Å². The van der Waals surface area contributed by atoms with Crippen molar-refractivity contribution < 1.29 is 14.3 Å². The van der Waals surface area contributed by atoms with E-state index in [1.54, 1.807) is 24.1 Å². The number of rotatable bonds is 2. The number of benzene rings is 1. The number of likely N-dealkylation sites (N-methyl/N-ethyl adjacent to an activating group) is 1. The van der Waals surface area contributed by atoms with Gasteiger partial charge in [-0.25, -0.2) is 9.48 Å². The quantitative estimate of drug-likeness (QED) is 0.876. The summed E-state index contributed by atoms with van der Waals surface area (Å²) in [5, 5.41) is 2.87. The van der Waals surface area contributed by atoms with Crippen LogP contribution < -0.4 is 5.56 Å². The Kier molecular flexibility index (Phi) is 3.41. The molecule has 130 valence electrons. The number of nitrogens with one attached hydrogen (secondary N) is 1. The molecule has 2 aromatic rings. The molecule has 2 amide bonds. The van der Waals surface area contributed by atoms with Gasteiger partial charge in [-0.1, -0.05) is 18.2 Å². The Morgan fingerprint density at radius 1 is 1.20 bits per heavy atom. The van der Waals surface area contributed by atoms with Gasteiger partial charge in [-0.3, -0.25) is 14.7 Å². The molecule has 2 saturated heterocycles. The first-order valence-electron chi connectivity index (χ1n) is 8.08. The third-order valence-corrected chi connectivity index (χ3v) is 4.71. The number of aromatic nitrogens is 2. The molecule has 1 aromatic heterocycles. The fourth-order valence-electron chi connectivity index (χ4n) is 3.47. The predicted molar refractivity (Wildman–Crippen MR) is 88.8 cm³/mol. The molecule has 0 aliphatic carbocycles. The number of hydrogen-bond donors (Lipinski definition) is 1. The molecule has 8 nitrogen and oxygen atoms in total. The van der Waals surface area contributed by atoms with Crippen LogP contribution in [0.2, 0.25) is 0 Å². The van der Waals surface area contributed by atoms with E-state index in [2.05, 4.69) is 5.10 Å². The average molecular weight is 342 g/mol. The van der Waals surface area contributed by atoms with Crippen LogP contribution in [0.25, 0.3) is 5.69 Å². The number of carbonyl (C=O) groups is 2. The van der Waals surface area contributed by atoms with Crippen molar-refractivity contribution in [1.29, 1.82) is 0 Å². The highest BCUT2D eigenvalue weighted by Crippen LogP contribution is 2.32. The topological polar surface area (TPSA) is 87.6 Å². The fraction of sp³-hybridized carbons (Fsp3) is 0.353. The van der Waals surface area contributed by atoms with Crippen LogP contribution in [-0.4, -0.2) is 63.9 Å². The molecule has 1 aromatic carbocycles. The third-order valence-electron chi connectivity index (χ3n) is 4.71. The second kappa shape index (κ2) is 5.51. The maximum absolute atomic E-state index is 12.7. The maximum atomic E-state index is 12.7. The lowest BCUT2D eigenvalue weighted by molar-refractivity contribution is 0.0550. The van der Waals surface area contributed by atoms with E-state index in [-0.39, 0.29) is 23.3 Å². The lowest BCUT2D eigenvalue weighted by Gasteiger charge is -2.21. The van der Waals surface area contributed by atoms with Gasteiger partial charge >= 0.3 is 6.09 Å². The number of para-hydroxylation sites is 1. The molecule has 2 fully saturated rings. The summed E-state index contributed by atoms with van der Waals surface area (Å²) >= 11 is 0. The Bertz CT molecular complexity index is 888. The Labute approximate surface area is 143 Å². The van der Waals surface area contributed by atoms with Crippen LogP contribution in [0, 0.1) is 0 Å². The van der Waals surface area contributed by atoms with Gasteiger partial charge in [0.25, 0.3) is 11.5 Å². The molecule has 1 atom stereocenters. The normalized spacial score (nSPS) is 22.7. The van der Waals surface area contributed by atoms with E-state index in [4.69, 9.17) is 4.74 Å². The molecule has 4 rings (SSSR count). The van der Waals surface area contributed by atoms with Crippen LogP contribution in [-0.2, 0) is 4.74 Å². The van der Waals surface area contributed by atoms with Crippen molar-refractivity contribution in [2.45, 2.75) is 12.0 Å². The Morgan fingerprint density at radius 2 is 1.96 bits per heavy atom. The van der Waals surface area contributed by atoms with Gasteiger partial charge in [-0.15, -0.1) is 0 Å². The number of nitrogens with zero attached hydrogens (tertiary/aromatic N) is 3. The average Bonchev–Trinajstić information content (AvgIpc) is 3.26. The maximum Gasteiger partial charge on any atom is 0.410 e. The molecule has 3 heterocycles. The molecule has 1 N–H and O–H groups in total. The van der Waals surface area contributed by atoms with Crippen LogP contribution >= 0.6 is 0 Å². The first kappa shape index (κ1) is 15.5. The van der Waals surface area contributed by atoms with E-state index in [0.29, 0.717) is 31.7 Å². The third kappa shape index (κ3) is 2.59. The molecule has 25 heavy (non-hydrogen) atoms. The molecule has 0 radical (unpaired) electrons. The highest BCUT2D eigenvalue weighted by Gasteiger charge is 2.49. The van der Waals surface area contributed by atoms with Crippen molar-refractivity contribution in [2.24, 2.45) is 0 Å². The molecular formula is C17H18N4O4. The van der Waals surface area contributed by atoms with Crippen molar-refractivity contribution in [3.05, 3.63) is 52.4 Å². The zero-order valence-corrected chi connectivity index (χ0v) is 13.8. The molecule has 0 unspecified atom stereocenters. The SMILES string of the molecule is CN1C[C@]2(CCN(C(=O)c3cc(=O)n(-c4ccccc4)[nH]3)C2)OC1=O. The van der Waals surface area contributed by atoms with E-state index in [1.807, 2.05) is 18.2 Å². The van der Waals surface area contributed by atoms with Gasteiger partial charge < -0.3 is 14.5 Å². The van der Waals surface area contributed by atoms with Gasteiger partial charge in [-0.2, -0.15) is 0 Å². The number of hydrogen-bond acceptors (Lipinski definition) is 4. The van der Waals surface area contributed by atoms with Gasteiger partial charge in [0.05, 0.1) is 18.8 Å². The van der Waals surface area contributed by atoms with Crippen LogP contribution in [0.15, 0.2) is 41.2 Å². The van der Waals surface area contributed by atoms with Crippen LogP contribution in [0.1, 0.15) is 16.9 Å². The van der Waals surface area contributed by atoms with Gasteiger partial charge in [0, 0.05) is 26.1 Å². The largest absolute Gasteiger partial charge is 0.439 e. The Balaban J connectivity index is 1.55. The summed E-state index contributed by atoms with van der Waals surface area (Å²) < 4.78 is 6.79. The summed E-state index contributed by atoms with van der Waals surface area (Å²) in [5.74, 6) is -0.269. The second-order valence-corrected chi connectivity index (χ2v) is 6.56. The fourth-order valence-corrected chi connectivity index (χ4v) is 3.47. The van der Waals surface area contributed by atoms with Crippen LogP contribution in [0.4, 0.5) is 4.79 Å². The van der Waals surface area contributed by atoms with Crippen LogP contribution in [0.3, 0.4) is 0 Å². The van der Waals surface area contributed by atoms with Crippen molar-refractivity contribution in [2.75, 3.05) is 26.7 Å². The van der Waals surface area contributed by atoms with Gasteiger partial charge in [-0.05, 0) is 12.1 Å². The number of likely N-dealkylation sites (tertiary alicyclic amines) is 1. The summed E-state index contributed by atoms with van der Waals surface area (Å²) in [7, 11) is 1.68. The standard InChI is InChI=1S/C17H18N4O4/c1-19-10-17(25-16(19)24)7-8-20(11-17)15(23)13-9-14(22)21(18-13)12-5-3-2-4-6-12/h2-6,9,18H,7-8,10-11H2,1H3/t17-/m0/s1. The summed E-state index contributed by atoms with van der Waals surface area (Å²) in [5.41, 5.74) is -0.0427. The summed E-state index contributed by atoms with van der Waals surface area (Å²) in [6.07, 6.45) is 0.233. The highest BCUT2D eigenvalue weighted by atomic mass is 16.6. The smallest absolute Gasteiger partial charge is 0.410 e. The number of H-pyrrole nitrogens is 1. The minimum Gasteiger partial charge on any atom is -0.439 e. The van der Waals surface area contributed by atoms with E-state index < -0.39 is 5.60 Å². The van der Waals surface area contributed by atoms with E-state index >= 15 is 0 Å². The van der Waals surface area contributed by atoms with Crippen molar-refractivity contribution >= 4 is 12.0 Å². The van der Waals surface area contributed by atoms with E-state index in [9.17, 15) is 14.4 Å². The van der Waals surface area contributed by atoms with Gasteiger partial charge in [0.2, 0.25) is 0 Å². The highest BCUT2D eigenvalue weighted by molar-refractivity contribution is 5.92. The first-order chi connectivity index (χ1) is 12.0. The van der Waals surface area contributed by atoms with Crippen LogP contribution in [0.5, 0.6) is 0 Å². The summed E-state index contributed by atoms with van der Waals surface area (Å²) in [4.78, 5) is 39.7. The molecule has 0 bridgehead atoms. The monoisotopic (exact) mass is 342 g/mol. The zero-order chi connectivity index (χ0) is 17.6. The minimum atomic E-state index is -0.635. The molecule has 0 saturated carbocycles. The number of carbonyl (C=O) groups excluding carboxylic acids is 2. The molecular weight excluding hydrogens is 324 g/mol. The number of aromatic amines is 1. The lowest BCUT2D eigenvalue weighted by atomic mass is 10.0. The van der Waals surface area contributed by atoms with Gasteiger partial charge in [0.15, 0.2) is 5.60 Å². The van der Waals surface area contributed by atoms with Crippen molar-refractivity contribution in [3.63, 3.8) is 0 Å². The lowest BCUT2D eigenvalue weighted by Crippen LogP contribution is -2.39. The Morgan fingerprint density at radius 3 is 2.64 bits per heavy atom. The summed E-state index contributed by atoms with van der Waals surface area (Å²) in [6, 6.07) is 10.4. The second-order valence-electron chi connectivity index (χ2n) is 6.56. The molecule has 2 aliphatic rings. The molecule has 2 aliphatic heterocycles. The Hall–Kier alpha value is -3.03. The predicted octanol–water partition coefficient (Wildman–Crippen LogP) is 0.832. The molecule has 1 spiro atoms. The zero-order valence-electron chi connectivity index (χ0n) is 13.8. The number of amides is 2. The minimum absolute atomic E-state index is 0.226. The summed E-state index contributed by atoms with van der Waals surface area (Å²) in [6.45, 7) is 1.29.